The Balaban J connectivity index is 1.86. The first-order chi connectivity index (χ1) is 9.52. The van der Waals surface area contributed by atoms with Crippen LogP contribution in [0.15, 0.2) is 0 Å². The summed E-state index contributed by atoms with van der Waals surface area (Å²) in [7, 11) is 0. The summed E-state index contributed by atoms with van der Waals surface area (Å²) in [6.45, 7) is 3.30. The number of β-amino-alcohol motifs (C(OH)–C–C–N with tert-alkyl or cyclic N) is 1. The molecule has 2 saturated heterocycles. The van der Waals surface area contributed by atoms with Gasteiger partial charge in [-0.15, -0.1) is 0 Å². The van der Waals surface area contributed by atoms with Gasteiger partial charge in [0.05, 0.1) is 12.2 Å². The average molecular weight is 286 g/mol. The molecule has 2 amide bonds. The number of aliphatic hydroxyl groups is 1. The third-order valence-corrected chi connectivity index (χ3v) is 4.09. The normalized spacial score (nSPS) is 33.4. The van der Waals surface area contributed by atoms with E-state index in [2.05, 4.69) is 5.32 Å². The van der Waals surface area contributed by atoms with Gasteiger partial charge in [-0.25, -0.2) is 9.59 Å². The molecule has 7 nitrogen and oxygen atoms in total. The number of carboxylic acids is 1. The summed E-state index contributed by atoms with van der Waals surface area (Å²) in [6.07, 6.45) is 1.30. The highest BCUT2D eigenvalue weighted by molar-refractivity contribution is 5.83. The quantitative estimate of drug-likeness (QED) is 0.677. The van der Waals surface area contributed by atoms with E-state index in [-0.39, 0.29) is 25.0 Å². The van der Waals surface area contributed by atoms with E-state index < -0.39 is 24.1 Å². The van der Waals surface area contributed by atoms with E-state index in [1.54, 1.807) is 0 Å². The van der Waals surface area contributed by atoms with Crippen molar-refractivity contribution in [3.8, 4) is 0 Å². The first kappa shape index (κ1) is 15.1. The predicted octanol–water partition coefficient (Wildman–Crippen LogP) is 0.0309. The lowest BCUT2D eigenvalue weighted by molar-refractivity contribution is -0.141. The molecular formula is C13H22N2O5. The van der Waals surface area contributed by atoms with Crippen LogP contribution in [0.1, 0.15) is 26.2 Å². The highest BCUT2D eigenvalue weighted by Crippen LogP contribution is 2.23. The molecule has 2 rings (SSSR count). The minimum atomic E-state index is -1.08. The first-order valence-corrected chi connectivity index (χ1v) is 7.09. The Bertz CT molecular complexity index is 376. The molecule has 2 aliphatic heterocycles. The van der Waals surface area contributed by atoms with Crippen LogP contribution in [0.25, 0.3) is 0 Å². The van der Waals surface area contributed by atoms with E-state index in [0.29, 0.717) is 13.2 Å². The first-order valence-electron chi connectivity index (χ1n) is 7.09. The summed E-state index contributed by atoms with van der Waals surface area (Å²) >= 11 is 0. The van der Waals surface area contributed by atoms with E-state index in [9.17, 15) is 14.7 Å². The van der Waals surface area contributed by atoms with Crippen LogP contribution >= 0.6 is 0 Å². The summed E-state index contributed by atoms with van der Waals surface area (Å²) < 4.78 is 5.55. The van der Waals surface area contributed by atoms with Crippen LogP contribution in [0.2, 0.25) is 0 Å². The Morgan fingerprint density at radius 1 is 1.45 bits per heavy atom. The number of hydrogen-bond acceptors (Lipinski definition) is 4. The van der Waals surface area contributed by atoms with E-state index in [1.807, 2.05) is 6.92 Å². The number of carbonyl (C=O) groups is 2. The summed E-state index contributed by atoms with van der Waals surface area (Å²) in [6, 6.07) is -1.36. The fraction of sp³-hybridized carbons (Fsp3) is 0.846. The summed E-state index contributed by atoms with van der Waals surface area (Å²) in [5.41, 5.74) is 0. The average Bonchev–Trinajstić information content (AvgIpc) is 3.01. The lowest BCUT2D eigenvalue weighted by Crippen LogP contribution is -2.47. The second-order valence-corrected chi connectivity index (χ2v) is 5.45. The molecule has 3 unspecified atom stereocenters. The maximum absolute atomic E-state index is 12.1. The van der Waals surface area contributed by atoms with Crippen molar-refractivity contribution < 1.29 is 24.5 Å². The molecular weight excluding hydrogens is 264 g/mol. The van der Waals surface area contributed by atoms with Gasteiger partial charge in [-0.3, -0.25) is 0 Å². The molecule has 0 bridgehead atoms. The van der Waals surface area contributed by atoms with Crippen molar-refractivity contribution in [2.45, 2.75) is 44.4 Å². The van der Waals surface area contributed by atoms with Crippen LogP contribution in [0.3, 0.4) is 0 Å². The maximum Gasteiger partial charge on any atom is 0.326 e. The van der Waals surface area contributed by atoms with Gasteiger partial charge in [0.1, 0.15) is 6.04 Å². The molecule has 2 aliphatic rings. The highest BCUT2D eigenvalue weighted by Gasteiger charge is 2.39. The number of urea groups is 1. The number of amides is 2. The minimum Gasteiger partial charge on any atom is -0.480 e. The Kier molecular flexibility index (Phi) is 4.82. The number of likely N-dealkylation sites (tertiary alicyclic amines) is 1. The van der Waals surface area contributed by atoms with Gasteiger partial charge >= 0.3 is 12.0 Å². The lowest BCUT2D eigenvalue weighted by Gasteiger charge is -2.23. The molecule has 0 spiro atoms. The molecule has 0 aliphatic carbocycles. The van der Waals surface area contributed by atoms with Gasteiger partial charge in [0, 0.05) is 32.0 Å². The van der Waals surface area contributed by atoms with E-state index >= 15 is 0 Å². The molecule has 3 N–H and O–H groups in total. The van der Waals surface area contributed by atoms with Crippen molar-refractivity contribution in [3.05, 3.63) is 0 Å². The SMILES string of the molecule is CCC1OCCC1CNC(=O)N1CC(O)C[C@H]1C(=O)O. The number of aliphatic hydroxyl groups excluding tert-OH is 1. The zero-order chi connectivity index (χ0) is 14.7. The molecule has 0 aromatic heterocycles. The van der Waals surface area contributed by atoms with Gasteiger partial charge in [-0.2, -0.15) is 0 Å². The van der Waals surface area contributed by atoms with E-state index in [0.717, 1.165) is 12.8 Å². The van der Waals surface area contributed by atoms with Crippen molar-refractivity contribution in [1.82, 2.24) is 10.2 Å². The van der Waals surface area contributed by atoms with Crippen molar-refractivity contribution >= 4 is 12.0 Å². The number of aliphatic carboxylic acids is 1. The summed E-state index contributed by atoms with van der Waals surface area (Å²) in [5, 5.41) is 21.3. The molecule has 20 heavy (non-hydrogen) atoms. The summed E-state index contributed by atoms with van der Waals surface area (Å²) in [4.78, 5) is 24.3. The van der Waals surface area contributed by atoms with Gasteiger partial charge in [0.15, 0.2) is 0 Å². The lowest BCUT2D eigenvalue weighted by atomic mass is 10.00. The highest BCUT2D eigenvalue weighted by atomic mass is 16.5. The van der Waals surface area contributed by atoms with Crippen LogP contribution in [-0.4, -0.2) is 65.1 Å². The van der Waals surface area contributed by atoms with Crippen LogP contribution < -0.4 is 5.32 Å². The van der Waals surface area contributed by atoms with E-state index in [1.165, 1.54) is 4.90 Å². The Morgan fingerprint density at radius 3 is 2.85 bits per heavy atom. The van der Waals surface area contributed by atoms with Gasteiger partial charge in [-0.05, 0) is 12.8 Å². The molecule has 2 heterocycles. The Morgan fingerprint density at radius 2 is 2.20 bits per heavy atom. The van der Waals surface area contributed by atoms with Crippen LogP contribution in [0.5, 0.6) is 0 Å². The number of hydrogen-bond donors (Lipinski definition) is 3. The van der Waals surface area contributed by atoms with Crippen LogP contribution in [0.4, 0.5) is 4.79 Å². The fourth-order valence-corrected chi connectivity index (χ4v) is 2.97. The van der Waals surface area contributed by atoms with Crippen molar-refractivity contribution in [3.63, 3.8) is 0 Å². The topological polar surface area (TPSA) is 99.1 Å². The minimum absolute atomic E-state index is 0.0706. The van der Waals surface area contributed by atoms with Gasteiger partial charge < -0.3 is 25.2 Å². The van der Waals surface area contributed by atoms with Crippen molar-refractivity contribution in [2.24, 2.45) is 5.92 Å². The molecule has 0 aromatic carbocycles. The zero-order valence-corrected chi connectivity index (χ0v) is 11.6. The number of carbonyl (C=O) groups excluding carboxylic acids is 1. The standard InChI is InChI=1S/C13H22N2O5/c1-2-11-8(3-4-20-11)6-14-13(19)15-7-9(16)5-10(15)12(17)18/h8-11,16H,2-7H2,1H3,(H,14,19)(H,17,18)/t8?,9?,10-,11?/m0/s1. The number of ether oxygens (including phenoxy) is 1. The molecule has 7 heteroatoms. The number of nitrogens with zero attached hydrogens (tertiary/aromatic N) is 1. The molecule has 0 radical (unpaired) electrons. The molecule has 0 saturated carbocycles. The van der Waals surface area contributed by atoms with Crippen molar-refractivity contribution in [1.29, 1.82) is 0 Å². The van der Waals surface area contributed by atoms with E-state index in [4.69, 9.17) is 9.84 Å². The largest absolute Gasteiger partial charge is 0.480 e. The van der Waals surface area contributed by atoms with Gasteiger partial charge in [0.25, 0.3) is 0 Å². The third-order valence-electron chi connectivity index (χ3n) is 4.09. The Hall–Kier alpha value is -1.34. The number of carboxylic acid groups (broad SMARTS) is 1. The summed E-state index contributed by atoms with van der Waals surface area (Å²) in [5.74, 6) is -0.799. The molecule has 114 valence electrons. The number of rotatable bonds is 4. The van der Waals surface area contributed by atoms with Crippen LogP contribution in [-0.2, 0) is 9.53 Å². The molecule has 4 atom stereocenters. The number of nitrogens with one attached hydrogen (secondary N) is 1. The zero-order valence-electron chi connectivity index (χ0n) is 11.6. The smallest absolute Gasteiger partial charge is 0.326 e. The van der Waals surface area contributed by atoms with Crippen LogP contribution in [0, 0.1) is 5.92 Å². The van der Waals surface area contributed by atoms with Crippen molar-refractivity contribution in [2.75, 3.05) is 19.7 Å². The maximum atomic E-state index is 12.1. The van der Waals surface area contributed by atoms with Gasteiger partial charge in [-0.1, -0.05) is 6.92 Å². The second kappa shape index (κ2) is 6.41. The third kappa shape index (κ3) is 3.21. The molecule has 0 aromatic rings. The molecule has 2 fully saturated rings. The Labute approximate surface area is 117 Å². The monoisotopic (exact) mass is 286 g/mol. The predicted molar refractivity (Wildman–Crippen MR) is 70.3 cm³/mol. The van der Waals surface area contributed by atoms with Gasteiger partial charge in [0.2, 0.25) is 0 Å². The fourth-order valence-electron chi connectivity index (χ4n) is 2.97. The second-order valence-electron chi connectivity index (χ2n) is 5.45.